The average Bonchev–Trinajstić information content (AvgIpc) is 2.70. The summed E-state index contributed by atoms with van der Waals surface area (Å²) in [5.41, 5.74) is 3.36. The van der Waals surface area contributed by atoms with Gasteiger partial charge in [-0.15, -0.1) is 0 Å². The Balaban J connectivity index is 1.87. The lowest BCUT2D eigenvalue weighted by atomic mass is 10.1. The molecule has 2 N–H and O–H groups in total. The van der Waals surface area contributed by atoms with Gasteiger partial charge in [-0.05, 0) is 61.7 Å². The number of aryl methyl sites for hydroxylation is 2. The van der Waals surface area contributed by atoms with Crippen LogP contribution in [0, 0.1) is 19.7 Å². The van der Waals surface area contributed by atoms with Crippen molar-refractivity contribution in [1.82, 2.24) is 4.72 Å². The van der Waals surface area contributed by atoms with Crippen LogP contribution in [0.15, 0.2) is 77.7 Å². The molecule has 1 atom stereocenters. The molecule has 1 amide bonds. The molecule has 0 aliphatic heterocycles. The third-order valence-electron chi connectivity index (χ3n) is 4.66. The third-order valence-corrected chi connectivity index (χ3v) is 6.15. The molecule has 0 aromatic heterocycles. The number of amides is 1. The molecule has 0 aliphatic carbocycles. The quantitative estimate of drug-likeness (QED) is 0.600. The van der Waals surface area contributed by atoms with E-state index in [-0.39, 0.29) is 11.3 Å². The van der Waals surface area contributed by atoms with Crippen LogP contribution in [0.4, 0.5) is 10.1 Å². The van der Waals surface area contributed by atoms with Crippen molar-refractivity contribution >= 4 is 21.6 Å². The zero-order chi connectivity index (χ0) is 21.7. The monoisotopic (exact) mass is 426 g/mol. The molecular formula is C23H23FN2O3S. The molecule has 0 radical (unpaired) electrons. The Morgan fingerprint density at radius 1 is 0.967 bits per heavy atom. The van der Waals surface area contributed by atoms with Crippen LogP contribution >= 0.6 is 0 Å². The van der Waals surface area contributed by atoms with E-state index in [0.29, 0.717) is 5.69 Å². The maximum Gasteiger partial charge on any atom is 0.242 e. The van der Waals surface area contributed by atoms with E-state index in [1.54, 1.807) is 6.07 Å². The predicted octanol–water partition coefficient (Wildman–Crippen LogP) is 3.97. The fourth-order valence-electron chi connectivity index (χ4n) is 3.08. The number of sulfonamides is 1. The van der Waals surface area contributed by atoms with Crippen molar-refractivity contribution < 1.29 is 17.6 Å². The molecule has 0 heterocycles. The fourth-order valence-corrected chi connectivity index (χ4v) is 4.28. The molecule has 1 unspecified atom stereocenters. The number of carbonyl (C=O) groups excluding carboxylic acids is 1. The average molecular weight is 427 g/mol. The standard InChI is InChI=1S/C23H23FN2O3S/c1-16-8-13-21(17(2)14-16)25-23(27)22(15-18-6-4-3-5-7-18)26-30(28,29)20-11-9-19(24)10-12-20/h3-14,22,26H,15H2,1-2H3,(H,25,27). The number of nitrogens with one attached hydrogen (secondary N) is 2. The summed E-state index contributed by atoms with van der Waals surface area (Å²) < 4.78 is 41.2. The highest BCUT2D eigenvalue weighted by Crippen LogP contribution is 2.18. The van der Waals surface area contributed by atoms with Gasteiger partial charge in [0.15, 0.2) is 0 Å². The molecule has 0 fully saturated rings. The molecular weight excluding hydrogens is 403 g/mol. The van der Waals surface area contributed by atoms with Gasteiger partial charge in [-0.2, -0.15) is 4.72 Å². The second-order valence-corrected chi connectivity index (χ2v) is 8.84. The summed E-state index contributed by atoms with van der Waals surface area (Å²) in [4.78, 5) is 12.9. The van der Waals surface area contributed by atoms with Gasteiger partial charge in [0.2, 0.25) is 15.9 Å². The first-order chi connectivity index (χ1) is 14.2. The van der Waals surface area contributed by atoms with E-state index >= 15 is 0 Å². The number of hydrogen-bond donors (Lipinski definition) is 2. The molecule has 3 aromatic rings. The number of carbonyl (C=O) groups is 1. The molecule has 3 rings (SSSR count). The summed E-state index contributed by atoms with van der Waals surface area (Å²) in [6.45, 7) is 3.82. The lowest BCUT2D eigenvalue weighted by Gasteiger charge is -2.20. The second kappa shape index (κ2) is 9.19. The first-order valence-electron chi connectivity index (χ1n) is 9.44. The van der Waals surface area contributed by atoms with Crippen LogP contribution in [0.25, 0.3) is 0 Å². The molecule has 0 spiro atoms. The van der Waals surface area contributed by atoms with E-state index in [1.807, 2.05) is 56.3 Å². The maximum atomic E-state index is 13.2. The van der Waals surface area contributed by atoms with Gasteiger partial charge in [0.25, 0.3) is 0 Å². The van der Waals surface area contributed by atoms with Crippen LogP contribution in [0.2, 0.25) is 0 Å². The molecule has 30 heavy (non-hydrogen) atoms. The second-order valence-electron chi connectivity index (χ2n) is 7.13. The first-order valence-corrected chi connectivity index (χ1v) is 10.9. The summed E-state index contributed by atoms with van der Waals surface area (Å²) in [5.74, 6) is -1.01. The Morgan fingerprint density at radius 2 is 1.63 bits per heavy atom. The Morgan fingerprint density at radius 3 is 2.27 bits per heavy atom. The van der Waals surface area contributed by atoms with Crippen molar-refractivity contribution in [3.8, 4) is 0 Å². The van der Waals surface area contributed by atoms with Gasteiger partial charge in [-0.25, -0.2) is 12.8 Å². The zero-order valence-corrected chi connectivity index (χ0v) is 17.5. The predicted molar refractivity (Wildman–Crippen MR) is 115 cm³/mol. The maximum absolute atomic E-state index is 13.2. The molecule has 5 nitrogen and oxygen atoms in total. The van der Waals surface area contributed by atoms with E-state index in [0.717, 1.165) is 28.8 Å². The highest BCUT2D eigenvalue weighted by atomic mass is 32.2. The number of halogens is 1. The molecule has 0 aliphatic rings. The fraction of sp³-hybridized carbons (Fsp3) is 0.174. The molecule has 0 saturated carbocycles. The van der Waals surface area contributed by atoms with Gasteiger partial charge in [0.05, 0.1) is 4.90 Å². The summed E-state index contributed by atoms with van der Waals surface area (Å²) >= 11 is 0. The van der Waals surface area contributed by atoms with Gasteiger partial charge in [-0.3, -0.25) is 4.79 Å². The molecule has 0 saturated heterocycles. The van der Waals surface area contributed by atoms with E-state index in [9.17, 15) is 17.6 Å². The van der Waals surface area contributed by atoms with Crippen molar-refractivity contribution in [2.45, 2.75) is 31.2 Å². The first kappa shape index (κ1) is 21.7. The normalized spacial score (nSPS) is 12.4. The van der Waals surface area contributed by atoms with Crippen LogP contribution in [0.5, 0.6) is 0 Å². The van der Waals surface area contributed by atoms with Crippen molar-refractivity contribution in [1.29, 1.82) is 0 Å². The largest absolute Gasteiger partial charge is 0.324 e. The van der Waals surface area contributed by atoms with Gasteiger partial charge in [0, 0.05) is 5.69 Å². The third kappa shape index (κ3) is 5.52. The number of rotatable bonds is 7. The minimum Gasteiger partial charge on any atom is -0.324 e. The minimum absolute atomic E-state index is 0.110. The van der Waals surface area contributed by atoms with Gasteiger partial charge in [0.1, 0.15) is 11.9 Å². The lowest BCUT2D eigenvalue weighted by molar-refractivity contribution is -0.117. The Bertz CT molecular complexity index is 1130. The smallest absolute Gasteiger partial charge is 0.242 e. The topological polar surface area (TPSA) is 75.3 Å². The molecule has 0 bridgehead atoms. The SMILES string of the molecule is Cc1ccc(NC(=O)C(Cc2ccccc2)NS(=O)(=O)c2ccc(F)cc2)c(C)c1. The van der Waals surface area contributed by atoms with E-state index < -0.39 is 27.8 Å². The van der Waals surface area contributed by atoms with Crippen molar-refractivity contribution in [3.63, 3.8) is 0 Å². The Hall–Kier alpha value is -3.03. The van der Waals surface area contributed by atoms with Crippen LogP contribution in [-0.2, 0) is 21.2 Å². The lowest BCUT2D eigenvalue weighted by Crippen LogP contribution is -2.45. The highest BCUT2D eigenvalue weighted by Gasteiger charge is 2.26. The number of benzene rings is 3. The number of hydrogen-bond acceptors (Lipinski definition) is 3. The Kier molecular flexibility index (Phi) is 6.64. The molecule has 156 valence electrons. The summed E-state index contributed by atoms with van der Waals surface area (Å²) in [5, 5.41) is 2.82. The number of anilines is 1. The van der Waals surface area contributed by atoms with Crippen LogP contribution in [-0.4, -0.2) is 20.4 Å². The van der Waals surface area contributed by atoms with Gasteiger partial charge >= 0.3 is 0 Å². The van der Waals surface area contributed by atoms with E-state index in [1.165, 1.54) is 12.1 Å². The zero-order valence-electron chi connectivity index (χ0n) is 16.7. The van der Waals surface area contributed by atoms with Gasteiger partial charge < -0.3 is 5.32 Å². The Labute approximate surface area is 176 Å². The summed E-state index contributed by atoms with van der Waals surface area (Å²) in [6.07, 6.45) is 0.165. The highest BCUT2D eigenvalue weighted by molar-refractivity contribution is 7.89. The van der Waals surface area contributed by atoms with E-state index in [4.69, 9.17) is 0 Å². The van der Waals surface area contributed by atoms with Crippen LogP contribution in [0.3, 0.4) is 0 Å². The molecule has 3 aromatic carbocycles. The van der Waals surface area contributed by atoms with Crippen LogP contribution in [0.1, 0.15) is 16.7 Å². The van der Waals surface area contributed by atoms with E-state index in [2.05, 4.69) is 10.0 Å². The molecule has 7 heteroatoms. The minimum atomic E-state index is -4.03. The van der Waals surface area contributed by atoms with Crippen molar-refractivity contribution in [2.75, 3.05) is 5.32 Å². The summed E-state index contributed by atoms with van der Waals surface area (Å²) in [6, 6.07) is 18.1. The van der Waals surface area contributed by atoms with Crippen LogP contribution < -0.4 is 10.0 Å². The summed E-state index contributed by atoms with van der Waals surface area (Å²) in [7, 11) is -4.03. The van der Waals surface area contributed by atoms with Gasteiger partial charge in [-0.1, -0.05) is 48.0 Å². The van der Waals surface area contributed by atoms with Crippen molar-refractivity contribution in [3.05, 3.63) is 95.3 Å². The van der Waals surface area contributed by atoms with Crippen molar-refractivity contribution in [2.24, 2.45) is 0 Å².